The molecule has 1 aromatic rings. The van der Waals surface area contributed by atoms with Crippen molar-refractivity contribution in [1.29, 1.82) is 0 Å². The van der Waals surface area contributed by atoms with Crippen molar-refractivity contribution in [3.8, 4) is 0 Å². The highest BCUT2D eigenvalue weighted by molar-refractivity contribution is 7.99. The molecule has 4 nitrogen and oxygen atoms in total. The van der Waals surface area contributed by atoms with Crippen molar-refractivity contribution in [3.05, 3.63) is 24.3 Å². The van der Waals surface area contributed by atoms with Crippen LogP contribution in [0.3, 0.4) is 0 Å². The van der Waals surface area contributed by atoms with Crippen LogP contribution >= 0.6 is 11.8 Å². The third-order valence-electron chi connectivity index (χ3n) is 3.57. The van der Waals surface area contributed by atoms with Gasteiger partial charge in [0.05, 0.1) is 0 Å². The van der Waals surface area contributed by atoms with E-state index in [0.29, 0.717) is 6.04 Å². The van der Waals surface area contributed by atoms with E-state index in [4.69, 9.17) is 0 Å². The molecule has 1 atom stereocenters. The Labute approximate surface area is 117 Å². The first-order valence-electron chi connectivity index (χ1n) is 6.83. The molecular formula is C14H19N3OS. The molecule has 1 unspecified atom stereocenters. The Morgan fingerprint density at radius 2 is 2.16 bits per heavy atom. The van der Waals surface area contributed by atoms with E-state index in [1.165, 1.54) is 24.3 Å². The van der Waals surface area contributed by atoms with E-state index < -0.39 is 0 Å². The largest absolute Gasteiger partial charge is 0.381 e. The molecule has 2 amide bonds. The quantitative estimate of drug-likeness (QED) is 0.892. The normalized spacial score (nSPS) is 23.3. The van der Waals surface area contributed by atoms with Crippen LogP contribution in [-0.4, -0.2) is 36.7 Å². The number of urea groups is 1. The standard InChI is InChI=1S/C14H19N3OS/c18-14-15-7-8-17(14)13-5-3-11(4-6-13)16-12-2-1-9-19-10-12/h3-6,12,16H,1-2,7-10H2,(H,15,18). The molecule has 0 aromatic heterocycles. The number of hydrogen-bond donors (Lipinski definition) is 2. The van der Waals surface area contributed by atoms with Crippen LogP contribution in [0.25, 0.3) is 0 Å². The lowest BCUT2D eigenvalue weighted by atomic mass is 10.1. The predicted molar refractivity (Wildman–Crippen MR) is 81.2 cm³/mol. The molecule has 0 saturated carbocycles. The summed E-state index contributed by atoms with van der Waals surface area (Å²) < 4.78 is 0. The minimum absolute atomic E-state index is 0.00406. The smallest absolute Gasteiger partial charge is 0.321 e. The molecular weight excluding hydrogens is 258 g/mol. The van der Waals surface area contributed by atoms with Gasteiger partial charge in [-0.25, -0.2) is 4.79 Å². The molecule has 1 aromatic carbocycles. The Morgan fingerprint density at radius 1 is 1.32 bits per heavy atom. The van der Waals surface area contributed by atoms with Crippen molar-refractivity contribution in [1.82, 2.24) is 5.32 Å². The van der Waals surface area contributed by atoms with Gasteiger partial charge in [-0.1, -0.05) is 0 Å². The second-order valence-corrected chi connectivity index (χ2v) is 6.14. The van der Waals surface area contributed by atoms with Gasteiger partial charge in [-0.15, -0.1) is 0 Å². The highest BCUT2D eigenvalue weighted by Crippen LogP contribution is 2.23. The second-order valence-electron chi connectivity index (χ2n) is 4.99. The summed E-state index contributed by atoms with van der Waals surface area (Å²) in [6.07, 6.45) is 2.55. The highest BCUT2D eigenvalue weighted by Gasteiger charge is 2.21. The van der Waals surface area contributed by atoms with E-state index in [-0.39, 0.29) is 6.03 Å². The Hall–Kier alpha value is -1.36. The SMILES string of the molecule is O=C1NCCN1c1ccc(NC2CCCSC2)cc1. The molecule has 0 bridgehead atoms. The molecule has 2 aliphatic heterocycles. The van der Waals surface area contributed by atoms with E-state index in [1.54, 1.807) is 4.90 Å². The fraction of sp³-hybridized carbons (Fsp3) is 0.500. The number of thioether (sulfide) groups is 1. The summed E-state index contributed by atoms with van der Waals surface area (Å²) in [7, 11) is 0. The Bertz CT molecular complexity index is 443. The fourth-order valence-corrected chi connectivity index (χ4v) is 3.62. The van der Waals surface area contributed by atoms with Gasteiger partial charge >= 0.3 is 6.03 Å². The maximum absolute atomic E-state index is 11.6. The topological polar surface area (TPSA) is 44.4 Å². The van der Waals surface area contributed by atoms with Gasteiger partial charge in [-0.05, 0) is 42.9 Å². The summed E-state index contributed by atoms with van der Waals surface area (Å²) in [6, 6.07) is 8.76. The predicted octanol–water partition coefficient (Wildman–Crippen LogP) is 2.52. The number of hydrogen-bond acceptors (Lipinski definition) is 3. The lowest BCUT2D eigenvalue weighted by Crippen LogP contribution is -2.28. The van der Waals surface area contributed by atoms with Gasteiger partial charge in [0.25, 0.3) is 0 Å². The molecule has 19 heavy (non-hydrogen) atoms. The van der Waals surface area contributed by atoms with Crippen molar-refractivity contribution < 1.29 is 4.79 Å². The van der Waals surface area contributed by atoms with E-state index >= 15 is 0 Å². The average molecular weight is 277 g/mol. The number of nitrogens with one attached hydrogen (secondary N) is 2. The molecule has 3 rings (SSSR count). The van der Waals surface area contributed by atoms with Crippen LogP contribution in [0.4, 0.5) is 16.2 Å². The van der Waals surface area contributed by atoms with Crippen LogP contribution in [-0.2, 0) is 0 Å². The maximum Gasteiger partial charge on any atom is 0.321 e. The van der Waals surface area contributed by atoms with Gasteiger partial charge < -0.3 is 10.6 Å². The summed E-state index contributed by atoms with van der Waals surface area (Å²) in [5.41, 5.74) is 2.12. The fourth-order valence-electron chi connectivity index (χ4n) is 2.55. The number of anilines is 2. The first-order valence-corrected chi connectivity index (χ1v) is 7.98. The number of rotatable bonds is 3. The van der Waals surface area contributed by atoms with Crippen LogP contribution < -0.4 is 15.5 Å². The van der Waals surface area contributed by atoms with Gasteiger partial charge in [0.1, 0.15) is 0 Å². The first kappa shape index (κ1) is 12.7. The van der Waals surface area contributed by atoms with Gasteiger partial charge in [-0.2, -0.15) is 11.8 Å². The lowest BCUT2D eigenvalue weighted by Gasteiger charge is -2.24. The molecule has 0 radical (unpaired) electrons. The molecule has 2 fully saturated rings. The molecule has 0 aliphatic carbocycles. The zero-order valence-corrected chi connectivity index (χ0v) is 11.7. The summed E-state index contributed by atoms with van der Waals surface area (Å²) in [6.45, 7) is 1.49. The molecule has 5 heteroatoms. The molecule has 0 spiro atoms. The van der Waals surface area contributed by atoms with Gasteiger partial charge in [0, 0.05) is 36.3 Å². The maximum atomic E-state index is 11.6. The summed E-state index contributed by atoms with van der Waals surface area (Å²) in [5, 5.41) is 6.39. The molecule has 2 aliphatic rings. The Balaban J connectivity index is 1.63. The number of carbonyl (C=O) groups is 1. The van der Waals surface area contributed by atoms with Crippen LogP contribution in [0.5, 0.6) is 0 Å². The van der Waals surface area contributed by atoms with Gasteiger partial charge in [0.2, 0.25) is 0 Å². The zero-order chi connectivity index (χ0) is 13.1. The van der Waals surface area contributed by atoms with Crippen molar-refractivity contribution in [3.63, 3.8) is 0 Å². The second kappa shape index (κ2) is 5.74. The van der Waals surface area contributed by atoms with E-state index in [1.807, 2.05) is 23.9 Å². The number of carbonyl (C=O) groups excluding carboxylic acids is 1. The third-order valence-corrected chi connectivity index (χ3v) is 4.78. The van der Waals surface area contributed by atoms with E-state index in [2.05, 4.69) is 22.8 Å². The summed E-state index contributed by atoms with van der Waals surface area (Å²) >= 11 is 2.02. The highest BCUT2D eigenvalue weighted by atomic mass is 32.2. The van der Waals surface area contributed by atoms with Crippen molar-refractivity contribution >= 4 is 29.2 Å². The summed E-state index contributed by atoms with van der Waals surface area (Å²) in [5.74, 6) is 2.48. The number of nitrogens with zero attached hydrogens (tertiary/aromatic N) is 1. The van der Waals surface area contributed by atoms with Crippen LogP contribution in [0.2, 0.25) is 0 Å². The van der Waals surface area contributed by atoms with Gasteiger partial charge in [-0.3, -0.25) is 4.90 Å². The molecule has 2 heterocycles. The van der Waals surface area contributed by atoms with Crippen LogP contribution in [0, 0.1) is 0 Å². The number of benzene rings is 1. The lowest BCUT2D eigenvalue weighted by molar-refractivity contribution is 0.252. The molecule has 2 saturated heterocycles. The third kappa shape index (κ3) is 2.97. The number of amides is 2. The monoisotopic (exact) mass is 277 g/mol. The van der Waals surface area contributed by atoms with Crippen molar-refractivity contribution in [2.45, 2.75) is 18.9 Å². The van der Waals surface area contributed by atoms with E-state index in [0.717, 1.165) is 24.5 Å². The zero-order valence-electron chi connectivity index (χ0n) is 10.9. The minimum Gasteiger partial charge on any atom is -0.381 e. The molecule has 102 valence electrons. The molecule has 2 N–H and O–H groups in total. The van der Waals surface area contributed by atoms with Crippen LogP contribution in [0.15, 0.2) is 24.3 Å². The van der Waals surface area contributed by atoms with Crippen molar-refractivity contribution in [2.75, 3.05) is 34.8 Å². The average Bonchev–Trinajstić information content (AvgIpc) is 2.87. The van der Waals surface area contributed by atoms with E-state index in [9.17, 15) is 4.79 Å². The van der Waals surface area contributed by atoms with Gasteiger partial charge in [0.15, 0.2) is 0 Å². The van der Waals surface area contributed by atoms with Crippen LogP contribution in [0.1, 0.15) is 12.8 Å². The first-order chi connectivity index (χ1) is 9.33. The Kier molecular flexibility index (Phi) is 3.82. The Morgan fingerprint density at radius 3 is 2.79 bits per heavy atom. The minimum atomic E-state index is 0.00406. The summed E-state index contributed by atoms with van der Waals surface area (Å²) in [4.78, 5) is 13.4. The van der Waals surface area contributed by atoms with Crippen molar-refractivity contribution in [2.24, 2.45) is 0 Å².